The minimum atomic E-state index is -0.863. The molecular formula is C9H9NO2. The molecule has 1 atom stereocenters. The molecule has 1 aliphatic heterocycles. The number of carboxylic acid groups (broad SMARTS) is 1. The normalized spacial score (nSPS) is 26.2. The van der Waals surface area contributed by atoms with E-state index in [0.717, 1.165) is 24.1 Å². The molecule has 2 aliphatic rings. The van der Waals surface area contributed by atoms with Gasteiger partial charge in [-0.3, -0.25) is 4.99 Å². The van der Waals surface area contributed by atoms with Crippen LogP contribution in [0.1, 0.15) is 12.8 Å². The first kappa shape index (κ1) is 7.28. The lowest BCUT2D eigenvalue weighted by molar-refractivity contribution is -0.137. The summed E-state index contributed by atoms with van der Waals surface area (Å²) in [6.45, 7) is 0. The van der Waals surface area contributed by atoms with Crippen molar-refractivity contribution in [3.05, 3.63) is 23.8 Å². The second-order valence-corrected chi connectivity index (χ2v) is 2.93. The molecule has 0 saturated heterocycles. The molecule has 0 bridgehead atoms. The largest absolute Gasteiger partial charge is 0.479 e. The number of hydrogen-bond donors (Lipinski definition) is 1. The van der Waals surface area contributed by atoms with Crippen LogP contribution in [0.3, 0.4) is 0 Å². The molecule has 3 nitrogen and oxygen atoms in total. The van der Waals surface area contributed by atoms with Gasteiger partial charge in [0.05, 0.1) is 5.71 Å². The predicted molar refractivity (Wildman–Crippen MR) is 45.3 cm³/mol. The second-order valence-electron chi connectivity index (χ2n) is 2.93. The van der Waals surface area contributed by atoms with Crippen molar-refractivity contribution in [2.75, 3.05) is 0 Å². The van der Waals surface area contributed by atoms with Crippen molar-refractivity contribution in [1.29, 1.82) is 0 Å². The molecule has 1 heterocycles. The summed E-state index contributed by atoms with van der Waals surface area (Å²) in [5.41, 5.74) is 1.94. The van der Waals surface area contributed by atoms with Crippen LogP contribution in [0.2, 0.25) is 0 Å². The van der Waals surface area contributed by atoms with Gasteiger partial charge in [0, 0.05) is 0 Å². The summed E-state index contributed by atoms with van der Waals surface area (Å²) in [6, 6.07) is -0.641. The Morgan fingerprint density at radius 3 is 3.17 bits per heavy atom. The number of hydrogen-bond acceptors (Lipinski definition) is 2. The van der Waals surface area contributed by atoms with E-state index in [0.29, 0.717) is 0 Å². The minimum absolute atomic E-state index is 0.641. The summed E-state index contributed by atoms with van der Waals surface area (Å²) < 4.78 is 0. The summed E-state index contributed by atoms with van der Waals surface area (Å²) in [5, 5.41) is 8.68. The van der Waals surface area contributed by atoms with Gasteiger partial charge in [0.15, 0.2) is 6.04 Å². The lowest BCUT2D eigenvalue weighted by Crippen LogP contribution is -2.12. The van der Waals surface area contributed by atoms with E-state index in [-0.39, 0.29) is 0 Å². The molecule has 1 aliphatic carbocycles. The molecular weight excluding hydrogens is 154 g/mol. The molecule has 0 saturated carbocycles. The maximum absolute atomic E-state index is 10.6. The van der Waals surface area contributed by atoms with E-state index in [1.165, 1.54) is 0 Å². The summed E-state index contributed by atoms with van der Waals surface area (Å²) in [7, 11) is 0. The Balaban J connectivity index is 2.31. The topological polar surface area (TPSA) is 49.7 Å². The zero-order valence-corrected chi connectivity index (χ0v) is 6.53. The van der Waals surface area contributed by atoms with Crippen molar-refractivity contribution in [1.82, 2.24) is 0 Å². The Morgan fingerprint density at radius 2 is 2.50 bits per heavy atom. The van der Waals surface area contributed by atoms with Gasteiger partial charge in [0.2, 0.25) is 0 Å². The van der Waals surface area contributed by atoms with E-state index in [9.17, 15) is 4.79 Å². The molecule has 0 amide bonds. The number of allylic oxidation sites excluding steroid dienone is 3. The number of aliphatic carboxylic acids is 1. The van der Waals surface area contributed by atoms with Crippen LogP contribution in [0.15, 0.2) is 28.8 Å². The SMILES string of the molecule is O=C(O)C1C=C2CCC=CC2=N1. The van der Waals surface area contributed by atoms with Gasteiger partial charge in [-0.1, -0.05) is 6.08 Å². The maximum Gasteiger partial charge on any atom is 0.332 e. The number of carboxylic acids is 1. The van der Waals surface area contributed by atoms with Gasteiger partial charge in [-0.15, -0.1) is 0 Å². The van der Waals surface area contributed by atoms with Crippen LogP contribution >= 0.6 is 0 Å². The highest BCUT2D eigenvalue weighted by Crippen LogP contribution is 2.22. The minimum Gasteiger partial charge on any atom is -0.479 e. The van der Waals surface area contributed by atoms with E-state index in [1.807, 2.05) is 12.2 Å². The third kappa shape index (κ3) is 1.07. The van der Waals surface area contributed by atoms with Crippen LogP contribution in [-0.2, 0) is 4.79 Å². The van der Waals surface area contributed by atoms with Crippen molar-refractivity contribution in [2.45, 2.75) is 18.9 Å². The fourth-order valence-electron chi connectivity index (χ4n) is 1.47. The number of rotatable bonds is 1. The Labute approximate surface area is 70.1 Å². The van der Waals surface area contributed by atoms with E-state index in [4.69, 9.17) is 5.11 Å². The van der Waals surface area contributed by atoms with Crippen LogP contribution < -0.4 is 0 Å². The molecule has 3 heteroatoms. The van der Waals surface area contributed by atoms with Gasteiger partial charge in [-0.05, 0) is 30.6 Å². The second kappa shape index (κ2) is 2.59. The Kier molecular flexibility index (Phi) is 1.57. The average Bonchev–Trinajstić information content (AvgIpc) is 2.46. The molecule has 62 valence electrons. The summed E-state index contributed by atoms with van der Waals surface area (Å²) in [6.07, 6.45) is 7.59. The zero-order chi connectivity index (χ0) is 8.55. The third-order valence-electron chi connectivity index (χ3n) is 2.08. The van der Waals surface area contributed by atoms with Crippen LogP contribution in [0.4, 0.5) is 0 Å². The third-order valence-corrected chi connectivity index (χ3v) is 2.08. The average molecular weight is 163 g/mol. The fourth-order valence-corrected chi connectivity index (χ4v) is 1.47. The molecule has 0 fully saturated rings. The summed E-state index contributed by atoms with van der Waals surface area (Å²) in [5.74, 6) is -0.863. The molecule has 0 spiro atoms. The van der Waals surface area contributed by atoms with Crippen molar-refractivity contribution in [3.63, 3.8) is 0 Å². The number of fused-ring (bicyclic) bond motifs is 1. The lowest BCUT2D eigenvalue weighted by atomic mass is 10.00. The van der Waals surface area contributed by atoms with Crippen molar-refractivity contribution in [2.24, 2.45) is 4.99 Å². The Bertz CT molecular complexity index is 312. The van der Waals surface area contributed by atoms with Crippen LogP contribution in [0, 0.1) is 0 Å². The Hall–Kier alpha value is -1.38. The molecule has 2 rings (SSSR count). The quantitative estimate of drug-likeness (QED) is 0.630. The predicted octanol–water partition coefficient (Wildman–Crippen LogP) is 1.17. The number of aliphatic imine (C=N–C) groups is 1. The van der Waals surface area contributed by atoms with Crippen LogP contribution in [0.5, 0.6) is 0 Å². The smallest absolute Gasteiger partial charge is 0.332 e. The lowest BCUT2D eigenvalue weighted by Gasteiger charge is -2.04. The summed E-state index contributed by atoms with van der Waals surface area (Å²) >= 11 is 0. The molecule has 0 aromatic rings. The first-order valence-corrected chi connectivity index (χ1v) is 3.95. The number of carbonyl (C=O) groups is 1. The summed E-state index contributed by atoms with van der Waals surface area (Å²) in [4.78, 5) is 14.6. The first-order valence-electron chi connectivity index (χ1n) is 3.95. The fraction of sp³-hybridized carbons (Fsp3) is 0.333. The maximum atomic E-state index is 10.6. The molecule has 1 unspecified atom stereocenters. The number of nitrogens with zero attached hydrogens (tertiary/aromatic N) is 1. The monoisotopic (exact) mass is 163 g/mol. The van der Waals surface area contributed by atoms with Gasteiger partial charge < -0.3 is 5.11 Å². The van der Waals surface area contributed by atoms with Crippen molar-refractivity contribution in [3.8, 4) is 0 Å². The van der Waals surface area contributed by atoms with Crippen molar-refractivity contribution >= 4 is 11.7 Å². The molecule has 12 heavy (non-hydrogen) atoms. The van der Waals surface area contributed by atoms with E-state index < -0.39 is 12.0 Å². The van der Waals surface area contributed by atoms with E-state index >= 15 is 0 Å². The van der Waals surface area contributed by atoms with E-state index in [1.54, 1.807) is 6.08 Å². The standard InChI is InChI=1S/C9H9NO2/c11-9(12)8-5-6-3-1-2-4-7(6)10-8/h2,4-5,8H,1,3H2,(H,11,12). The van der Waals surface area contributed by atoms with Gasteiger partial charge in [0.25, 0.3) is 0 Å². The van der Waals surface area contributed by atoms with E-state index in [2.05, 4.69) is 4.99 Å². The van der Waals surface area contributed by atoms with Gasteiger partial charge >= 0.3 is 5.97 Å². The molecule has 0 radical (unpaired) electrons. The highest BCUT2D eigenvalue weighted by atomic mass is 16.4. The highest BCUT2D eigenvalue weighted by Gasteiger charge is 2.23. The van der Waals surface area contributed by atoms with Crippen molar-refractivity contribution < 1.29 is 9.90 Å². The molecule has 0 aromatic heterocycles. The molecule has 0 aromatic carbocycles. The van der Waals surface area contributed by atoms with Crippen LogP contribution in [0.25, 0.3) is 0 Å². The zero-order valence-electron chi connectivity index (χ0n) is 6.53. The highest BCUT2D eigenvalue weighted by molar-refractivity contribution is 6.12. The van der Waals surface area contributed by atoms with Gasteiger partial charge in [-0.2, -0.15) is 0 Å². The molecule has 1 N–H and O–H groups in total. The van der Waals surface area contributed by atoms with Gasteiger partial charge in [-0.25, -0.2) is 4.79 Å². The van der Waals surface area contributed by atoms with Crippen LogP contribution in [-0.4, -0.2) is 22.8 Å². The first-order chi connectivity index (χ1) is 5.77. The Morgan fingerprint density at radius 1 is 1.67 bits per heavy atom. The van der Waals surface area contributed by atoms with Gasteiger partial charge in [0.1, 0.15) is 0 Å².